The van der Waals surface area contributed by atoms with Gasteiger partial charge in [-0.05, 0) is 18.8 Å². The Balaban J connectivity index is 2.90. The maximum Gasteiger partial charge on any atom is 0.215 e. The molecule has 8 heteroatoms. The van der Waals surface area contributed by atoms with E-state index in [1.54, 1.807) is 0 Å². The molecule has 1 saturated carbocycles. The number of sulfonamides is 2. The highest BCUT2D eigenvalue weighted by Crippen LogP contribution is 2.27. The van der Waals surface area contributed by atoms with Crippen LogP contribution in [0.5, 0.6) is 0 Å². The summed E-state index contributed by atoms with van der Waals surface area (Å²) in [7, 11) is -7.44. The molecule has 1 aliphatic carbocycles. The Bertz CT molecular complexity index is 470. The van der Waals surface area contributed by atoms with Gasteiger partial charge in [0.25, 0.3) is 0 Å². The third kappa shape index (κ3) is 4.18. The van der Waals surface area contributed by atoms with Crippen molar-refractivity contribution in [3.63, 3.8) is 0 Å². The molecule has 0 heterocycles. The summed E-state index contributed by atoms with van der Waals surface area (Å²) >= 11 is 0. The molecule has 2 atom stereocenters. The van der Waals surface area contributed by atoms with E-state index in [9.17, 15) is 16.8 Å². The molecule has 6 nitrogen and oxygen atoms in total. The normalized spacial score (nSPS) is 26.4. The van der Waals surface area contributed by atoms with Crippen LogP contribution in [0.1, 0.15) is 39.5 Å². The highest BCUT2D eigenvalue weighted by molar-refractivity contribution is 7.94. The average molecular weight is 298 g/mol. The maximum atomic E-state index is 12.1. The maximum absolute atomic E-state index is 12.1. The number of nitrogens with one attached hydrogen (secondary N) is 1. The van der Waals surface area contributed by atoms with Gasteiger partial charge in [-0.3, -0.25) is 0 Å². The predicted molar refractivity (Wildman–Crippen MR) is 70.9 cm³/mol. The average Bonchev–Trinajstić information content (AvgIpc) is 2.25. The molecule has 0 aromatic rings. The number of hydrogen-bond acceptors (Lipinski definition) is 4. The summed E-state index contributed by atoms with van der Waals surface area (Å²) in [5, 5.41) is 3.24. The Morgan fingerprint density at radius 1 is 1.11 bits per heavy atom. The molecule has 2 unspecified atom stereocenters. The van der Waals surface area contributed by atoms with Crippen LogP contribution < -0.4 is 9.86 Å². The van der Waals surface area contributed by atoms with Gasteiger partial charge in [0.2, 0.25) is 20.0 Å². The molecule has 3 N–H and O–H groups in total. The van der Waals surface area contributed by atoms with Crippen LogP contribution in [0.15, 0.2) is 0 Å². The fourth-order valence-corrected chi connectivity index (χ4v) is 5.93. The lowest BCUT2D eigenvalue weighted by Crippen LogP contribution is -2.49. The first-order valence-corrected chi connectivity index (χ1v) is 9.30. The third-order valence-electron chi connectivity index (χ3n) is 3.16. The first-order valence-electron chi connectivity index (χ1n) is 6.14. The van der Waals surface area contributed by atoms with Crippen molar-refractivity contribution in [2.45, 2.75) is 50.0 Å². The van der Waals surface area contributed by atoms with Gasteiger partial charge in [-0.25, -0.2) is 26.7 Å². The van der Waals surface area contributed by atoms with E-state index >= 15 is 0 Å². The Morgan fingerprint density at radius 2 is 1.61 bits per heavy atom. The van der Waals surface area contributed by atoms with Gasteiger partial charge in [-0.15, -0.1) is 0 Å². The second-order valence-corrected chi connectivity index (χ2v) is 9.01. The van der Waals surface area contributed by atoms with Crippen LogP contribution in [-0.4, -0.2) is 33.9 Å². The zero-order chi connectivity index (χ0) is 14.0. The fraction of sp³-hybridized carbons (Fsp3) is 1.00. The molecular weight excluding hydrogens is 276 g/mol. The highest BCUT2D eigenvalue weighted by atomic mass is 32.2. The van der Waals surface area contributed by atoms with E-state index in [-0.39, 0.29) is 5.92 Å². The topological polar surface area (TPSA) is 106 Å². The molecule has 0 spiro atoms. The van der Waals surface area contributed by atoms with Crippen molar-refractivity contribution in [1.29, 1.82) is 0 Å². The smallest absolute Gasteiger partial charge is 0.215 e. The summed E-state index contributed by atoms with van der Waals surface area (Å²) in [6, 6.07) is 0. The van der Waals surface area contributed by atoms with E-state index in [1.807, 2.05) is 13.8 Å². The Morgan fingerprint density at radius 3 is 2.06 bits per heavy atom. The van der Waals surface area contributed by atoms with Crippen molar-refractivity contribution >= 4 is 20.0 Å². The summed E-state index contributed by atoms with van der Waals surface area (Å²) < 4.78 is 49.6. The molecule has 0 aliphatic heterocycles. The minimum atomic E-state index is -3.82. The zero-order valence-corrected chi connectivity index (χ0v) is 12.4. The molecule has 1 aliphatic rings. The summed E-state index contributed by atoms with van der Waals surface area (Å²) in [5.74, 6) is 0.177. The highest BCUT2D eigenvalue weighted by Gasteiger charge is 2.41. The molecule has 108 valence electrons. The van der Waals surface area contributed by atoms with Crippen LogP contribution in [-0.2, 0) is 20.0 Å². The number of nitrogens with two attached hydrogens (primary N) is 1. The van der Waals surface area contributed by atoms with Crippen LogP contribution in [0.3, 0.4) is 0 Å². The van der Waals surface area contributed by atoms with Crippen LogP contribution in [0.25, 0.3) is 0 Å². The summed E-state index contributed by atoms with van der Waals surface area (Å²) in [5.41, 5.74) is 0. The first kappa shape index (κ1) is 15.9. The molecule has 0 aromatic carbocycles. The van der Waals surface area contributed by atoms with Gasteiger partial charge >= 0.3 is 0 Å². The van der Waals surface area contributed by atoms with Gasteiger partial charge in [0.15, 0.2) is 0 Å². The zero-order valence-electron chi connectivity index (χ0n) is 10.8. The monoisotopic (exact) mass is 298 g/mol. The number of hydrogen-bond donors (Lipinski definition) is 2. The molecule has 0 radical (unpaired) electrons. The second-order valence-electron chi connectivity index (χ2n) is 5.24. The number of primary sulfonamides is 1. The molecule has 0 bridgehead atoms. The van der Waals surface area contributed by atoms with Crippen LogP contribution in [0, 0.1) is 5.92 Å². The molecule has 0 aromatic heterocycles. The van der Waals surface area contributed by atoms with E-state index in [4.69, 9.17) is 5.14 Å². The largest absolute Gasteiger partial charge is 0.228 e. The molecule has 0 amide bonds. The van der Waals surface area contributed by atoms with Crippen molar-refractivity contribution in [2.24, 2.45) is 11.1 Å². The van der Waals surface area contributed by atoms with Gasteiger partial charge in [0.05, 0.1) is 10.5 Å². The summed E-state index contributed by atoms with van der Waals surface area (Å²) in [4.78, 5) is 0. The minimum Gasteiger partial charge on any atom is -0.228 e. The van der Waals surface area contributed by atoms with E-state index < -0.39 is 30.5 Å². The summed E-state index contributed by atoms with van der Waals surface area (Å²) in [6.07, 6.45) is 2.11. The SMILES string of the molecule is CC(C)CNS(=O)(=O)C1CCCCC1S(N)(=O)=O. The van der Waals surface area contributed by atoms with Crippen molar-refractivity contribution < 1.29 is 16.8 Å². The van der Waals surface area contributed by atoms with Gasteiger partial charge in [0.1, 0.15) is 0 Å². The fourth-order valence-electron chi connectivity index (χ4n) is 2.18. The van der Waals surface area contributed by atoms with Gasteiger partial charge in [-0.1, -0.05) is 26.7 Å². The van der Waals surface area contributed by atoms with E-state index in [0.717, 1.165) is 6.42 Å². The Labute approximate surface area is 109 Å². The number of rotatable bonds is 5. The molecule has 1 fully saturated rings. The van der Waals surface area contributed by atoms with Crippen LogP contribution >= 0.6 is 0 Å². The third-order valence-corrected chi connectivity index (χ3v) is 6.67. The van der Waals surface area contributed by atoms with Gasteiger partial charge in [-0.2, -0.15) is 0 Å². The second kappa shape index (κ2) is 5.85. The van der Waals surface area contributed by atoms with E-state index in [1.165, 1.54) is 0 Å². The van der Waals surface area contributed by atoms with E-state index in [2.05, 4.69) is 4.72 Å². The lowest BCUT2D eigenvalue weighted by molar-refractivity contribution is 0.462. The Kier molecular flexibility index (Phi) is 5.16. The molecule has 18 heavy (non-hydrogen) atoms. The molecule has 1 rings (SSSR count). The van der Waals surface area contributed by atoms with Crippen molar-refractivity contribution in [1.82, 2.24) is 4.72 Å². The Hall–Kier alpha value is -0.180. The van der Waals surface area contributed by atoms with Gasteiger partial charge < -0.3 is 0 Å². The van der Waals surface area contributed by atoms with E-state index in [0.29, 0.717) is 25.8 Å². The first-order chi connectivity index (χ1) is 8.14. The quantitative estimate of drug-likeness (QED) is 0.754. The predicted octanol–water partition coefficient (Wildman–Crippen LogP) is 0.162. The molecule has 0 saturated heterocycles. The minimum absolute atomic E-state index is 0.177. The molecular formula is C10H22N2O4S2. The lowest BCUT2D eigenvalue weighted by Gasteiger charge is -2.29. The van der Waals surface area contributed by atoms with Gasteiger partial charge in [0, 0.05) is 6.54 Å². The van der Waals surface area contributed by atoms with Crippen LogP contribution in [0.4, 0.5) is 0 Å². The van der Waals surface area contributed by atoms with Crippen molar-refractivity contribution in [3.05, 3.63) is 0 Å². The summed E-state index contributed by atoms with van der Waals surface area (Å²) in [6.45, 7) is 4.09. The van der Waals surface area contributed by atoms with Crippen molar-refractivity contribution in [3.8, 4) is 0 Å². The lowest BCUT2D eigenvalue weighted by atomic mass is 10.00. The van der Waals surface area contributed by atoms with Crippen LogP contribution in [0.2, 0.25) is 0 Å². The van der Waals surface area contributed by atoms with Crippen molar-refractivity contribution in [2.75, 3.05) is 6.54 Å². The standard InChI is InChI=1S/C10H22N2O4S2/c1-8(2)7-12-18(15,16)10-6-4-3-5-9(10)17(11,13)14/h8-10,12H,3-7H2,1-2H3,(H2,11,13,14).